The number of aromatic nitrogens is 3. The summed E-state index contributed by atoms with van der Waals surface area (Å²) in [5, 5.41) is 2.27. The Bertz CT molecular complexity index is 995. The first-order valence-corrected chi connectivity index (χ1v) is 6.80. The molecule has 3 aromatic heterocycles. The van der Waals surface area contributed by atoms with Crippen LogP contribution in [0.2, 0.25) is 0 Å². The quantitative estimate of drug-likeness (QED) is 0.668. The molecular formula is C16H14N4O. The van der Waals surface area contributed by atoms with Crippen LogP contribution in [0.25, 0.3) is 27.9 Å². The van der Waals surface area contributed by atoms with Crippen LogP contribution in [0, 0.1) is 0 Å². The molecule has 0 saturated heterocycles. The molecule has 104 valence electrons. The highest BCUT2D eigenvalue weighted by atomic mass is 16.1. The van der Waals surface area contributed by atoms with Gasteiger partial charge in [0.2, 0.25) is 5.43 Å². The highest BCUT2D eigenvalue weighted by Gasteiger charge is 2.20. The van der Waals surface area contributed by atoms with Crippen LogP contribution in [0.4, 0.5) is 0 Å². The highest BCUT2D eigenvalue weighted by molar-refractivity contribution is 6.06. The topological polar surface area (TPSA) is 51.0 Å². The molecule has 0 fully saturated rings. The Morgan fingerprint density at radius 1 is 1.29 bits per heavy atom. The maximum absolute atomic E-state index is 12.8. The van der Waals surface area contributed by atoms with Gasteiger partial charge in [-0.2, -0.15) is 0 Å². The summed E-state index contributed by atoms with van der Waals surface area (Å²) < 4.78 is 2.03. The van der Waals surface area contributed by atoms with E-state index in [4.69, 9.17) is 0 Å². The lowest BCUT2D eigenvalue weighted by atomic mass is 10.1. The molecule has 0 saturated carbocycles. The van der Waals surface area contributed by atoms with Crippen LogP contribution in [-0.2, 0) is 0 Å². The molecule has 4 rings (SSSR count). The molecule has 1 aliphatic heterocycles. The molecule has 21 heavy (non-hydrogen) atoms. The van der Waals surface area contributed by atoms with E-state index >= 15 is 0 Å². The summed E-state index contributed by atoms with van der Waals surface area (Å²) >= 11 is 0. The van der Waals surface area contributed by atoms with Gasteiger partial charge >= 0.3 is 0 Å². The molecule has 0 amide bonds. The highest BCUT2D eigenvalue weighted by Crippen LogP contribution is 2.24. The second-order valence-corrected chi connectivity index (χ2v) is 5.42. The number of fused-ring (bicyclic) bond motifs is 2. The van der Waals surface area contributed by atoms with Crippen molar-refractivity contribution in [2.75, 3.05) is 14.1 Å². The number of likely N-dealkylation sites (N-methyl/N-ethyl adjacent to an activating group) is 1. The van der Waals surface area contributed by atoms with Gasteiger partial charge in [0.25, 0.3) is 0 Å². The summed E-state index contributed by atoms with van der Waals surface area (Å²) in [5.41, 5.74) is 1.73. The van der Waals surface area contributed by atoms with E-state index < -0.39 is 0 Å². The van der Waals surface area contributed by atoms with Crippen molar-refractivity contribution in [1.29, 1.82) is 0 Å². The molecule has 0 N–H and O–H groups in total. The van der Waals surface area contributed by atoms with Crippen LogP contribution in [0.3, 0.4) is 0 Å². The number of hydrogen-bond donors (Lipinski definition) is 0. The van der Waals surface area contributed by atoms with Gasteiger partial charge in [0.15, 0.2) is 0 Å². The van der Waals surface area contributed by atoms with Gasteiger partial charge in [-0.25, -0.2) is 0 Å². The van der Waals surface area contributed by atoms with Crippen LogP contribution in [0.5, 0.6) is 0 Å². The molecule has 5 nitrogen and oxygen atoms in total. The molecule has 0 aliphatic carbocycles. The van der Waals surface area contributed by atoms with Crippen molar-refractivity contribution in [2.24, 2.45) is 0 Å². The average Bonchev–Trinajstić information content (AvgIpc) is 2.51. The molecule has 0 bridgehead atoms. The van der Waals surface area contributed by atoms with Crippen LogP contribution in [0.1, 0.15) is 6.17 Å². The maximum Gasteiger partial charge on any atom is 0.210 e. The third-order valence-electron chi connectivity index (χ3n) is 3.96. The number of allylic oxidation sites excluding steroid dienone is 1. The first kappa shape index (κ1) is 12.2. The maximum atomic E-state index is 12.8. The fourth-order valence-corrected chi connectivity index (χ4v) is 3.01. The van der Waals surface area contributed by atoms with Crippen molar-refractivity contribution >= 4 is 27.9 Å². The van der Waals surface area contributed by atoms with E-state index in [0.717, 1.165) is 16.4 Å². The Morgan fingerprint density at radius 2 is 2.14 bits per heavy atom. The van der Waals surface area contributed by atoms with E-state index in [-0.39, 0.29) is 11.6 Å². The average molecular weight is 278 g/mol. The lowest BCUT2D eigenvalue weighted by Crippen LogP contribution is -2.42. The molecule has 3 aromatic rings. The largest absolute Gasteiger partial charge is 0.316 e. The molecular weight excluding hydrogens is 264 g/mol. The minimum Gasteiger partial charge on any atom is -0.316 e. The minimum absolute atomic E-state index is 0.00490. The predicted molar refractivity (Wildman–Crippen MR) is 82.9 cm³/mol. The number of hydrogen-bond acceptors (Lipinski definition) is 4. The van der Waals surface area contributed by atoms with Crippen molar-refractivity contribution < 1.29 is 0 Å². The lowest BCUT2D eigenvalue weighted by molar-refractivity contribution is 0.269. The Hall–Kier alpha value is -2.53. The van der Waals surface area contributed by atoms with Crippen molar-refractivity contribution in [3.63, 3.8) is 0 Å². The van der Waals surface area contributed by atoms with Crippen LogP contribution >= 0.6 is 0 Å². The first-order chi connectivity index (χ1) is 10.2. The van der Waals surface area contributed by atoms with E-state index in [0.29, 0.717) is 10.7 Å². The standard InChI is InChI=1S/C16H14N4O/c1-19(2)14-5-3-4-12-16(21)10-6-7-18-11-8-17-9-13(15(10)11)20(12)14/h3-9,14H,1-2H3. The van der Waals surface area contributed by atoms with Gasteiger partial charge in [-0.15, -0.1) is 0 Å². The normalized spacial score (nSPS) is 17.4. The summed E-state index contributed by atoms with van der Waals surface area (Å²) in [4.78, 5) is 23.5. The summed E-state index contributed by atoms with van der Waals surface area (Å²) in [5.74, 6) is 0. The molecule has 5 heteroatoms. The second kappa shape index (κ2) is 4.23. The van der Waals surface area contributed by atoms with Gasteiger partial charge in [0, 0.05) is 17.0 Å². The summed E-state index contributed by atoms with van der Waals surface area (Å²) in [6, 6.07) is 1.79. The van der Waals surface area contributed by atoms with Crippen LogP contribution < -0.4 is 10.8 Å². The first-order valence-electron chi connectivity index (χ1n) is 6.80. The molecule has 0 spiro atoms. The number of rotatable bonds is 1. The number of nitrogens with zero attached hydrogens (tertiary/aromatic N) is 4. The smallest absolute Gasteiger partial charge is 0.210 e. The van der Waals surface area contributed by atoms with Gasteiger partial charge in [-0.1, -0.05) is 6.08 Å². The van der Waals surface area contributed by atoms with E-state index in [9.17, 15) is 4.79 Å². The summed E-state index contributed by atoms with van der Waals surface area (Å²) in [6.45, 7) is 0. The zero-order valence-corrected chi connectivity index (χ0v) is 11.8. The van der Waals surface area contributed by atoms with Gasteiger partial charge in [0.05, 0.1) is 28.8 Å². The molecule has 0 radical (unpaired) electrons. The van der Waals surface area contributed by atoms with Crippen molar-refractivity contribution in [1.82, 2.24) is 19.4 Å². The Kier molecular flexibility index (Phi) is 2.46. The predicted octanol–water partition coefficient (Wildman–Crippen LogP) is 1.07. The molecule has 0 aromatic carbocycles. The molecule has 1 unspecified atom stereocenters. The Labute approximate surface area is 120 Å². The summed E-state index contributed by atoms with van der Waals surface area (Å²) in [7, 11) is 3.99. The number of pyridine rings is 3. The van der Waals surface area contributed by atoms with E-state index in [2.05, 4.69) is 20.9 Å². The van der Waals surface area contributed by atoms with Gasteiger partial charge < -0.3 is 4.57 Å². The van der Waals surface area contributed by atoms with Crippen LogP contribution in [0.15, 0.2) is 41.6 Å². The van der Waals surface area contributed by atoms with Crippen molar-refractivity contribution in [3.05, 3.63) is 52.4 Å². The minimum atomic E-state index is -0.00490. The molecule has 1 aliphatic rings. The monoisotopic (exact) mass is 278 g/mol. The van der Waals surface area contributed by atoms with E-state index in [1.165, 1.54) is 0 Å². The SMILES string of the molecule is CN(C)C1C=CC=c2c(=O)c3ccnc4cncc(c43)n21. The Morgan fingerprint density at radius 3 is 2.95 bits per heavy atom. The summed E-state index contributed by atoms with van der Waals surface area (Å²) in [6.07, 6.45) is 11.0. The van der Waals surface area contributed by atoms with E-state index in [1.54, 1.807) is 18.5 Å². The van der Waals surface area contributed by atoms with Gasteiger partial charge in [0.1, 0.15) is 6.17 Å². The Balaban J connectivity index is 2.32. The lowest BCUT2D eigenvalue weighted by Gasteiger charge is -2.28. The fraction of sp³-hybridized carbons (Fsp3) is 0.188. The third kappa shape index (κ3) is 1.58. The van der Waals surface area contributed by atoms with E-state index in [1.807, 2.05) is 37.0 Å². The zero-order valence-electron chi connectivity index (χ0n) is 11.8. The third-order valence-corrected chi connectivity index (χ3v) is 3.96. The van der Waals surface area contributed by atoms with Crippen LogP contribution in [-0.4, -0.2) is 33.5 Å². The van der Waals surface area contributed by atoms with Gasteiger partial charge in [-0.05, 0) is 32.3 Å². The van der Waals surface area contributed by atoms with Crippen molar-refractivity contribution in [3.8, 4) is 0 Å². The molecule has 1 atom stereocenters. The van der Waals surface area contributed by atoms with Gasteiger partial charge in [-0.3, -0.25) is 19.7 Å². The molecule has 4 heterocycles. The van der Waals surface area contributed by atoms with Crippen molar-refractivity contribution in [2.45, 2.75) is 6.17 Å². The zero-order chi connectivity index (χ0) is 14.6. The fourth-order valence-electron chi connectivity index (χ4n) is 3.01. The second-order valence-electron chi connectivity index (χ2n) is 5.42.